The molecule has 0 spiro atoms. The fraction of sp³-hybridized carbons (Fsp3) is 0.286. The Kier molecular flexibility index (Phi) is 3.52. The summed E-state index contributed by atoms with van der Waals surface area (Å²) in [7, 11) is 0. The molecule has 0 amide bonds. The number of benzene rings is 2. The molecule has 0 aliphatic heterocycles. The molecule has 0 fully saturated rings. The summed E-state index contributed by atoms with van der Waals surface area (Å²) in [6.45, 7) is 11.0. The van der Waals surface area contributed by atoms with Crippen molar-refractivity contribution >= 4 is 10.9 Å². The molecule has 0 radical (unpaired) electrons. The van der Waals surface area contributed by atoms with E-state index in [2.05, 4.69) is 83.1 Å². The van der Waals surface area contributed by atoms with Crippen molar-refractivity contribution < 1.29 is 0 Å². The van der Waals surface area contributed by atoms with Gasteiger partial charge in [0.05, 0.1) is 11.2 Å². The number of fused-ring (bicyclic) bond motifs is 1. The van der Waals surface area contributed by atoms with E-state index in [0.717, 1.165) is 11.2 Å². The zero-order valence-corrected chi connectivity index (χ0v) is 14.1. The van der Waals surface area contributed by atoms with Crippen molar-refractivity contribution in [3.8, 4) is 11.3 Å². The molecule has 0 atom stereocenters. The Hall–Kier alpha value is -2.15. The van der Waals surface area contributed by atoms with Crippen molar-refractivity contribution in [1.82, 2.24) is 4.98 Å². The van der Waals surface area contributed by atoms with Gasteiger partial charge in [0.2, 0.25) is 0 Å². The van der Waals surface area contributed by atoms with Crippen molar-refractivity contribution in [3.05, 3.63) is 65.2 Å². The summed E-state index contributed by atoms with van der Waals surface area (Å²) in [6, 6.07) is 17.5. The first-order valence-electron chi connectivity index (χ1n) is 7.83. The van der Waals surface area contributed by atoms with Gasteiger partial charge in [-0.2, -0.15) is 0 Å². The van der Waals surface area contributed by atoms with Crippen LogP contribution < -0.4 is 0 Å². The highest BCUT2D eigenvalue weighted by Crippen LogP contribution is 2.29. The van der Waals surface area contributed by atoms with Crippen molar-refractivity contribution in [2.45, 2.75) is 40.0 Å². The van der Waals surface area contributed by atoms with Gasteiger partial charge >= 0.3 is 0 Å². The SMILES string of the molecule is Cc1cc(-c2ccc3ccc(C)cc3n2)cc(C(C)(C)C)c1. The Morgan fingerprint density at radius 1 is 0.773 bits per heavy atom. The summed E-state index contributed by atoms with van der Waals surface area (Å²) < 4.78 is 0. The summed E-state index contributed by atoms with van der Waals surface area (Å²) in [5.41, 5.74) is 7.35. The number of nitrogens with zero attached hydrogens (tertiary/aromatic N) is 1. The molecule has 3 rings (SSSR count). The lowest BCUT2D eigenvalue weighted by Crippen LogP contribution is -2.11. The number of aromatic nitrogens is 1. The molecule has 112 valence electrons. The van der Waals surface area contributed by atoms with Gasteiger partial charge in [-0.25, -0.2) is 4.98 Å². The maximum Gasteiger partial charge on any atom is 0.0712 e. The molecule has 0 aliphatic rings. The molecule has 0 saturated heterocycles. The predicted molar refractivity (Wildman–Crippen MR) is 95.4 cm³/mol. The van der Waals surface area contributed by atoms with Gasteiger partial charge in [-0.15, -0.1) is 0 Å². The first-order valence-corrected chi connectivity index (χ1v) is 7.83. The molecule has 1 aromatic heterocycles. The quantitative estimate of drug-likeness (QED) is 0.550. The lowest BCUT2D eigenvalue weighted by Gasteiger charge is -2.20. The standard InChI is InChI=1S/C21H23N/c1-14-6-7-16-8-9-19(22-20(16)12-14)17-10-15(2)11-18(13-17)21(3,4)5/h6-13H,1-5H3. The fourth-order valence-electron chi connectivity index (χ4n) is 2.75. The first-order chi connectivity index (χ1) is 10.3. The highest BCUT2D eigenvalue weighted by Gasteiger charge is 2.15. The van der Waals surface area contributed by atoms with Gasteiger partial charge in [0.1, 0.15) is 0 Å². The van der Waals surface area contributed by atoms with E-state index in [-0.39, 0.29) is 5.41 Å². The van der Waals surface area contributed by atoms with Crippen LogP contribution in [-0.4, -0.2) is 4.98 Å². The molecule has 2 aromatic carbocycles. The molecule has 1 heteroatoms. The third-order valence-corrected chi connectivity index (χ3v) is 4.09. The average Bonchev–Trinajstić information content (AvgIpc) is 2.45. The van der Waals surface area contributed by atoms with E-state index in [1.165, 1.54) is 27.6 Å². The summed E-state index contributed by atoms with van der Waals surface area (Å²) in [4.78, 5) is 4.87. The van der Waals surface area contributed by atoms with Crippen molar-refractivity contribution in [2.24, 2.45) is 0 Å². The molecule has 3 aromatic rings. The lowest BCUT2D eigenvalue weighted by atomic mass is 9.85. The molecule has 1 nitrogen and oxygen atoms in total. The van der Waals surface area contributed by atoms with Crippen molar-refractivity contribution in [3.63, 3.8) is 0 Å². The van der Waals surface area contributed by atoms with Gasteiger partial charge in [0, 0.05) is 10.9 Å². The van der Waals surface area contributed by atoms with Crippen molar-refractivity contribution in [2.75, 3.05) is 0 Å². The van der Waals surface area contributed by atoms with E-state index < -0.39 is 0 Å². The summed E-state index contributed by atoms with van der Waals surface area (Å²) in [5.74, 6) is 0. The van der Waals surface area contributed by atoms with Crippen LogP contribution in [0.25, 0.3) is 22.2 Å². The second-order valence-electron chi connectivity index (χ2n) is 7.23. The molecule has 1 heterocycles. The maximum absolute atomic E-state index is 4.87. The summed E-state index contributed by atoms with van der Waals surface area (Å²) in [5, 5.41) is 1.19. The molecule has 0 saturated carbocycles. The Balaban J connectivity index is 2.16. The maximum atomic E-state index is 4.87. The minimum atomic E-state index is 0.147. The Morgan fingerprint density at radius 2 is 1.50 bits per heavy atom. The molecule has 0 aliphatic carbocycles. The second-order valence-corrected chi connectivity index (χ2v) is 7.23. The van der Waals surface area contributed by atoms with Crippen LogP contribution >= 0.6 is 0 Å². The Bertz CT molecular complexity index is 838. The lowest BCUT2D eigenvalue weighted by molar-refractivity contribution is 0.590. The molecular formula is C21H23N. The minimum Gasteiger partial charge on any atom is -0.248 e. The second kappa shape index (κ2) is 5.24. The highest BCUT2D eigenvalue weighted by atomic mass is 14.7. The fourth-order valence-corrected chi connectivity index (χ4v) is 2.75. The van der Waals surface area contributed by atoms with Crippen LogP contribution in [0, 0.1) is 13.8 Å². The molecule has 0 N–H and O–H groups in total. The van der Waals surface area contributed by atoms with Crippen LogP contribution in [0.4, 0.5) is 0 Å². The van der Waals surface area contributed by atoms with E-state index in [4.69, 9.17) is 4.98 Å². The normalized spacial score (nSPS) is 11.9. The van der Waals surface area contributed by atoms with E-state index in [9.17, 15) is 0 Å². The van der Waals surface area contributed by atoms with Crippen LogP contribution in [0.15, 0.2) is 48.5 Å². The van der Waals surface area contributed by atoms with Crippen LogP contribution in [0.1, 0.15) is 37.5 Å². The highest BCUT2D eigenvalue weighted by molar-refractivity contribution is 5.82. The number of rotatable bonds is 1. The van der Waals surface area contributed by atoms with Crippen LogP contribution in [0.3, 0.4) is 0 Å². The number of aryl methyl sites for hydroxylation is 2. The minimum absolute atomic E-state index is 0.147. The zero-order chi connectivity index (χ0) is 15.9. The van der Waals surface area contributed by atoms with Gasteiger partial charge in [0.25, 0.3) is 0 Å². The molecule has 0 unspecified atom stereocenters. The van der Waals surface area contributed by atoms with Crippen LogP contribution in [0.2, 0.25) is 0 Å². The van der Waals surface area contributed by atoms with Crippen LogP contribution in [-0.2, 0) is 5.41 Å². The van der Waals surface area contributed by atoms with E-state index in [1.807, 2.05) is 0 Å². The monoisotopic (exact) mass is 289 g/mol. The van der Waals surface area contributed by atoms with E-state index in [0.29, 0.717) is 0 Å². The number of hydrogen-bond donors (Lipinski definition) is 0. The largest absolute Gasteiger partial charge is 0.248 e. The average molecular weight is 289 g/mol. The zero-order valence-electron chi connectivity index (χ0n) is 14.1. The topological polar surface area (TPSA) is 12.9 Å². The Labute approximate surface area is 133 Å². The number of pyridine rings is 1. The van der Waals surface area contributed by atoms with Gasteiger partial charge in [-0.1, -0.05) is 50.6 Å². The summed E-state index contributed by atoms with van der Waals surface area (Å²) in [6.07, 6.45) is 0. The van der Waals surface area contributed by atoms with Gasteiger partial charge < -0.3 is 0 Å². The molecule has 0 bridgehead atoms. The molecule has 22 heavy (non-hydrogen) atoms. The van der Waals surface area contributed by atoms with E-state index in [1.54, 1.807) is 0 Å². The van der Waals surface area contributed by atoms with E-state index >= 15 is 0 Å². The number of hydrogen-bond acceptors (Lipinski definition) is 1. The predicted octanol–water partition coefficient (Wildman–Crippen LogP) is 5.82. The smallest absolute Gasteiger partial charge is 0.0712 e. The van der Waals surface area contributed by atoms with Gasteiger partial charge in [0.15, 0.2) is 0 Å². The van der Waals surface area contributed by atoms with Crippen LogP contribution in [0.5, 0.6) is 0 Å². The third kappa shape index (κ3) is 2.89. The van der Waals surface area contributed by atoms with Gasteiger partial charge in [-0.3, -0.25) is 0 Å². The third-order valence-electron chi connectivity index (χ3n) is 4.09. The molecular weight excluding hydrogens is 266 g/mol. The Morgan fingerprint density at radius 3 is 2.23 bits per heavy atom. The van der Waals surface area contributed by atoms with Gasteiger partial charge in [-0.05, 0) is 54.7 Å². The van der Waals surface area contributed by atoms with Crippen molar-refractivity contribution in [1.29, 1.82) is 0 Å². The summed E-state index contributed by atoms with van der Waals surface area (Å²) >= 11 is 0. The first kappa shape index (κ1) is 14.8.